The van der Waals surface area contributed by atoms with E-state index in [1.165, 1.54) is 17.2 Å². The molecule has 2 aliphatic carbocycles. The Bertz CT molecular complexity index is 1040. The maximum Gasteiger partial charge on any atom is 0.333 e. The molecule has 1 unspecified atom stereocenters. The number of benzene rings is 1. The van der Waals surface area contributed by atoms with E-state index in [0.717, 1.165) is 61.8 Å². The molecule has 1 fully saturated rings. The maximum absolute atomic E-state index is 12.6. The smallest absolute Gasteiger partial charge is 0.333 e. The van der Waals surface area contributed by atoms with Gasteiger partial charge in [-0.05, 0) is 73.3 Å². The summed E-state index contributed by atoms with van der Waals surface area (Å²) in [6, 6.07) is 2.97. The molecule has 1 aromatic heterocycles. The zero-order chi connectivity index (χ0) is 20.0. The minimum absolute atomic E-state index is 0.0299. The quantitative estimate of drug-likeness (QED) is 0.796. The van der Waals surface area contributed by atoms with Gasteiger partial charge in [-0.15, -0.1) is 0 Å². The maximum atomic E-state index is 12.6. The highest BCUT2D eigenvalue weighted by Crippen LogP contribution is 2.38. The van der Waals surface area contributed by atoms with Crippen LogP contribution in [-0.4, -0.2) is 37.4 Å². The van der Waals surface area contributed by atoms with Crippen molar-refractivity contribution < 1.29 is 17.9 Å². The van der Waals surface area contributed by atoms with E-state index in [0.29, 0.717) is 13.2 Å². The molecule has 1 aromatic carbocycles. The second kappa shape index (κ2) is 7.14. The van der Waals surface area contributed by atoms with Crippen LogP contribution in [0, 0.1) is 0 Å². The Morgan fingerprint density at radius 3 is 2.52 bits per heavy atom. The number of fused-ring (bicyclic) bond motifs is 2. The summed E-state index contributed by atoms with van der Waals surface area (Å²) in [5.74, 6) is 0. The van der Waals surface area contributed by atoms with Gasteiger partial charge >= 0.3 is 6.03 Å². The highest BCUT2D eigenvalue weighted by molar-refractivity contribution is 7.90. The number of urea groups is 1. The van der Waals surface area contributed by atoms with Crippen LogP contribution in [0.25, 0.3) is 0 Å². The number of carbonyl (C=O) groups is 1. The first-order valence-electron chi connectivity index (χ1n) is 10.1. The average molecular weight is 417 g/mol. The number of anilines is 1. The molecule has 1 aliphatic heterocycles. The highest BCUT2D eigenvalue weighted by Gasteiger charge is 2.28. The molecule has 0 spiro atoms. The lowest BCUT2D eigenvalue weighted by molar-refractivity contribution is 0.184. The zero-order valence-electron chi connectivity index (χ0n) is 16.1. The summed E-state index contributed by atoms with van der Waals surface area (Å²) >= 11 is 0. The number of nitrogens with zero attached hydrogens (tertiary/aromatic N) is 2. The van der Waals surface area contributed by atoms with Crippen LogP contribution < -0.4 is 10.0 Å². The normalized spacial score (nSPS) is 20.5. The number of ether oxygens (including phenoxy) is 1. The Balaban J connectivity index is 1.35. The molecular weight excluding hydrogens is 392 g/mol. The van der Waals surface area contributed by atoms with E-state index in [1.54, 1.807) is 10.9 Å². The second-order valence-electron chi connectivity index (χ2n) is 7.95. The predicted octanol–water partition coefficient (Wildman–Crippen LogP) is 2.33. The third kappa shape index (κ3) is 3.42. The number of aromatic nitrogens is 2. The third-order valence-corrected chi connectivity index (χ3v) is 7.30. The molecule has 2 heterocycles. The number of aryl methyl sites for hydroxylation is 2. The topological polar surface area (TPSA) is 102 Å². The molecule has 3 aliphatic rings. The highest BCUT2D eigenvalue weighted by atomic mass is 32.2. The molecule has 9 heteroatoms. The van der Waals surface area contributed by atoms with Gasteiger partial charge in [-0.2, -0.15) is 13.5 Å². The summed E-state index contributed by atoms with van der Waals surface area (Å²) in [7, 11) is -4.05. The van der Waals surface area contributed by atoms with Crippen LogP contribution in [-0.2, 0) is 40.4 Å². The number of hydrogen-bond acceptors (Lipinski definition) is 5. The van der Waals surface area contributed by atoms with Crippen LogP contribution in [0.5, 0.6) is 0 Å². The number of nitrogens with one attached hydrogen (secondary N) is 2. The number of rotatable bonds is 4. The fourth-order valence-corrected chi connectivity index (χ4v) is 5.52. The van der Waals surface area contributed by atoms with Crippen LogP contribution in [0.15, 0.2) is 23.4 Å². The molecule has 1 atom stereocenters. The number of sulfonamides is 1. The molecule has 1 saturated heterocycles. The average Bonchev–Trinajstić information content (AvgIpc) is 3.46. The molecule has 29 heavy (non-hydrogen) atoms. The summed E-state index contributed by atoms with van der Waals surface area (Å²) in [5.41, 5.74) is 5.68. The lowest BCUT2D eigenvalue weighted by atomic mass is 9.99. The van der Waals surface area contributed by atoms with Crippen molar-refractivity contribution in [3.63, 3.8) is 0 Å². The van der Waals surface area contributed by atoms with Crippen molar-refractivity contribution in [3.8, 4) is 0 Å². The molecule has 2 aromatic rings. The molecule has 2 N–H and O–H groups in total. The minimum Gasteiger partial charge on any atom is -0.379 e. The van der Waals surface area contributed by atoms with Gasteiger partial charge in [0.2, 0.25) is 0 Å². The van der Waals surface area contributed by atoms with E-state index in [-0.39, 0.29) is 11.1 Å². The Morgan fingerprint density at radius 1 is 1.14 bits per heavy atom. The third-order valence-electron chi connectivity index (χ3n) is 6.08. The van der Waals surface area contributed by atoms with E-state index in [9.17, 15) is 13.2 Å². The van der Waals surface area contributed by atoms with Crippen molar-refractivity contribution in [2.45, 2.75) is 56.0 Å². The van der Waals surface area contributed by atoms with E-state index in [1.807, 2.05) is 0 Å². The number of carbonyl (C=O) groups excluding carboxylic acids is 1. The van der Waals surface area contributed by atoms with Crippen molar-refractivity contribution in [1.82, 2.24) is 14.5 Å². The fourth-order valence-electron chi connectivity index (χ4n) is 4.68. The fraction of sp³-hybridized carbons (Fsp3) is 0.500. The van der Waals surface area contributed by atoms with Crippen LogP contribution in [0.1, 0.15) is 47.6 Å². The van der Waals surface area contributed by atoms with Gasteiger partial charge in [0.1, 0.15) is 0 Å². The van der Waals surface area contributed by atoms with Gasteiger partial charge in [0.25, 0.3) is 10.0 Å². The van der Waals surface area contributed by atoms with Crippen LogP contribution in [0.3, 0.4) is 0 Å². The van der Waals surface area contributed by atoms with Crippen molar-refractivity contribution >= 4 is 21.7 Å². The van der Waals surface area contributed by atoms with Gasteiger partial charge in [0, 0.05) is 18.5 Å². The van der Waals surface area contributed by atoms with E-state index in [4.69, 9.17) is 4.74 Å². The second-order valence-corrected chi connectivity index (χ2v) is 9.57. The van der Waals surface area contributed by atoms with Crippen molar-refractivity contribution in [2.24, 2.45) is 0 Å². The zero-order valence-corrected chi connectivity index (χ0v) is 16.9. The Labute approximate surface area is 169 Å². The van der Waals surface area contributed by atoms with Crippen LogP contribution in [0.2, 0.25) is 0 Å². The first-order chi connectivity index (χ1) is 14.0. The standard InChI is InChI=1S/C20H24N4O4S/c25-20(21-19-16-5-1-3-13(16)11-14-4-2-6-17(14)19)23-29(26,27)18-7-9-24(22-18)15-8-10-28-12-15/h7,9,11,15H,1-6,8,10,12H2,(H2,21,23,25). The molecule has 0 bridgehead atoms. The lowest BCUT2D eigenvalue weighted by Crippen LogP contribution is -2.35. The number of hydrogen-bond donors (Lipinski definition) is 2. The van der Waals surface area contributed by atoms with Gasteiger partial charge in [0.05, 0.1) is 12.6 Å². The van der Waals surface area contributed by atoms with Crippen LogP contribution >= 0.6 is 0 Å². The summed E-state index contributed by atoms with van der Waals surface area (Å²) in [4.78, 5) is 12.6. The summed E-state index contributed by atoms with van der Waals surface area (Å²) < 4.78 is 34.3. The predicted molar refractivity (Wildman–Crippen MR) is 107 cm³/mol. The van der Waals surface area contributed by atoms with E-state index in [2.05, 4.69) is 21.2 Å². The number of amides is 2. The molecule has 8 nitrogen and oxygen atoms in total. The summed E-state index contributed by atoms with van der Waals surface area (Å²) in [5, 5.41) is 6.83. The van der Waals surface area contributed by atoms with Crippen molar-refractivity contribution in [2.75, 3.05) is 18.5 Å². The molecular formula is C20H24N4O4S. The summed E-state index contributed by atoms with van der Waals surface area (Å²) in [6.07, 6.45) is 8.39. The molecule has 154 valence electrons. The van der Waals surface area contributed by atoms with Crippen LogP contribution in [0.4, 0.5) is 10.5 Å². The first-order valence-corrected chi connectivity index (χ1v) is 11.6. The lowest BCUT2D eigenvalue weighted by Gasteiger charge is -2.16. The van der Waals surface area contributed by atoms with Crippen molar-refractivity contribution in [1.29, 1.82) is 0 Å². The van der Waals surface area contributed by atoms with Gasteiger partial charge in [-0.1, -0.05) is 6.07 Å². The monoisotopic (exact) mass is 416 g/mol. The van der Waals surface area contributed by atoms with E-state index >= 15 is 0 Å². The van der Waals surface area contributed by atoms with Gasteiger partial charge in [-0.25, -0.2) is 9.52 Å². The Hall–Kier alpha value is -2.39. The van der Waals surface area contributed by atoms with Gasteiger partial charge < -0.3 is 10.1 Å². The molecule has 5 rings (SSSR count). The van der Waals surface area contributed by atoms with Gasteiger partial charge in [0.15, 0.2) is 5.03 Å². The molecule has 0 radical (unpaired) electrons. The van der Waals surface area contributed by atoms with Crippen molar-refractivity contribution in [3.05, 3.63) is 40.6 Å². The first kappa shape index (κ1) is 18.6. The Morgan fingerprint density at radius 2 is 1.86 bits per heavy atom. The minimum atomic E-state index is -4.05. The SMILES string of the molecule is O=C(Nc1c2c(cc3c1CCC3)CCC2)NS(=O)(=O)c1ccn(C2CCOC2)n1. The summed E-state index contributed by atoms with van der Waals surface area (Å²) in [6.45, 7) is 1.15. The Kier molecular flexibility index (Phi) is 4.59. The van der Waals surface area contributed by atoms with Gasteiger partial charge in [-0.3, -0.25) is 4.68 Å². The molecule has 0 saturated carbocycles. The molecule has 2 amide bonds. The van der Waals surface area contributed by atoms with E-state index < -0.39 is 16.1 Å². The largest absolute Gasteiger partial charge is 0.379 e.